The first-order valence-electron chi connectivity index (χ1n) is 8.81. The number of rotatable bonds is 8. The Balaban J connectivity index is 1.88. The number of allylic oxidation sites excluding steroid dienone is 1. The van der Waals surface area contributed by atoms with Crippen LogP contribution >= 0.6 is 0 Å². The normalized spacial score (nSPS) is 12.1. The molecule has 1 unspecified atom stereocenters. The number of hydrogen-bond acceptors (Lipinski definition) is 7. The van der Waals surface area contributed by atoms with Gasteiger partial charge in [-0.15, -0.1) is 0 Å². The van der Waals surface area contributed by atoms with Crippen LogP contribution in [0.1, 0.15) is 29.7 Å². The Morgan fingerprint density at radius 1 is 1.38 bits per heavy atom. The highest BCUT2D eigenvalue weighted by Gasteiger charge is 2.20. The quantitative estimate of drug-likeness (QED) is 0.572. The average Bonchev–Trinajstić information content (AvgIpc) is 3.24. The molecule has 8 heteroatoms. The number of methoxy groups -OCH3 is 1. The molecule has 0 saturated heterocycles. The molecule has 1 atom stereocenters. The highest BCUT2D eigenvalue weighted by Crippen LogP contribution is 2.24. The molecule has 2 heterocycles. The molecule has 0 amide bonds. The number of nitrogens with zero attached hydrogens (tertiary/aromatic N) is 4. The standard InChI is InChI=1S/C21H20FN5O2/c1-13(2)15-11-24-21(26-20(15)28-3)25-12-16(19-8-9-29-27-19)18(23)10-14-6-4-5-7-17(14)22/h4-9,11-12,16,23H,1,10H2,2-3H3. The number of hydrogen-bond donors (Lipinski definition) is 1. The van der Waals surface area contributed by atoms with E-state index < -0.39 is 5.92 Å². The molecule has 0 bridgehead atoms. The Kier molecular flexibility index (Phi) is 6.23. The molecule has 2 aromatic heterocycles. The van der Waals surface area contributed by atoms with Crippen molar-refractivity contribution < 1.29 is 13.7 Å². The lowest BCUT2D eigenvalue weighted by atomic mass is 9.95. The van der Waals surface area contributed by atoms with Gasteiger partial charge in [0.1, 0.15) is 12.1 Å². The van der Waals surface area contributed by atoms with Crippen molar-refractivity contribution in [2.45, 2.75) is 19.3 Å². The lowest BCUT2D eigenvalue weighted by Gasteiger charge is -2.12. The minimum absolute atomic E-state index is 0.106. The van der Waals surface area contributed by atoms with Crippen molar-refractivity contribution in [1.82, 2.24) is 15.1 Å². The molecule has 0 fully saturated rings. The van der Waals surface area contributed by atoms with Crippen molar-refractivity contribution in [3.05, 3.63) is 72.0 Å². The fourth-order valence-corrected chi connectivity index (χ4v) is 2.69. The lowest BCUT2D eigenvalue weighted by Crippen LogP contribution is -2.17. The number of ether oxygens (including phenoxy) is 1. The highest BCUT2D eigenvalue weighted by molar-refractivity contribution is 6.03. The van der Waals surface area contributed by atoms with E-state index in [-0.39, 0.29) is 23.9 Å². The van der Waals surface area contributed by atoms with Crippen molar-refractivity contribution in [3.8, 4) is 5.88 Å². The van der Waals surface area contributed by atoms with E-state index in [0.717, 1.165) is 5.57 Å². The van der Waals surface area contributed by atoms with E-state index in [0.29, 0.717) is 22.7 Å². The maximum Gasteiger partial charge on any atom is 0.252 e. The van der Waals surface area contributed by atoms with E-state index in [9.17, 15) is 4.39 Å². The van der Waals surface area contributed by atoms with E-state index in [2.05, 4.69) is 26.7 Å². The summed E-state index contributed by atoms with van der Waals surface area (Å²) in [7, 11) is 1.50. The van der Waals surface area contributed by atoms with Crippen molar-refractivity contribution in [2.24, 2.45) is 4.99 Å². The summed E-state index contributed by atoms with van der Waals surface area (Å²) < 4.78 is 24.2. The summed E-state index contributed by atoms with van der Waals surface area (Å²) in [4.78, 5) is 12.7. The van der Waals surface area contributed by atoms with Gasteiger partial charge in [0, 0.05) is 30.6 Å². The molecule has 0 aliphatic heterocycles. The second kappa shape index (κ2) is 9.01. The molecule has 0 radical (unpaired) electrons. The molecule has 29 heavy (non-hydrogen) atoms. The molecule has 7 nitrogen and oxygen atoms in total. The Hall–Kier alpha value is -3.68. The van der Waals surface area contributed by atoms with Gasteiger partial charge < -0.3 is 14.7 Å². The van der Waals surface area contributed by atoms with Gasteiger partial charge in [-0.1, -0.05) is 29.9 Å². The highest BCUT2D eigenvalue weighted by atomic mass is 19.1. The van der Waals surface area contributed by atoms with Gasteiger partial charge in [0.2, 0.25) is 5.88 Å². The predicted octanol–water partition coefficient (Wildman–Crippen LogP) is 4.39. The third kappa shape index (κ3) is 4.78. The van der Waals surface area contributed by atoms with Gasteiger partial charge >= 0.3 is 0 Å². The first-order chi connectivity index (χ1) is 14.0. The second-order valence-corrected chi connectivity index (χ2v) is 6.35. The third-order valence-corrected chi connectivity index (χ3v) is 4.22. The van der Waals surface area contributed by atoms with E-state index in [4.69, 9.17) is 14.7 Å². The summed E-state index contributed by atoms with van der Waals surface area (Å²) in [6.45, 7) is 5.69. The van der Waals surface area contributed by atoms with E-state index in [1.165, 1.54) is 25.7 Å². The van der Waals surface area contributed by atoms with Gasteiger partial charge in [0.25, 0.3) is 5.95 Å². The van der Waals surface area contributed by atoms with Crippen molar-refractivity contribution in [1.29, 1.82) is 5.41 Å². The summed E-state index contributed by atoms with van der Waals surface area (Å²) in [5.74, 6) is -0.460. The molecule has 1 N–H and O–H groups in total. The fourth-order valence-electron chi connectivity index (χ4n) is 2.69. The largest absolute Gasteiger partial charge is 0.480 e. The number of aromatic nitrogens is 3. The van der Waals surface area contributed by atoms with Gasteiger partial charge in [0.15, 0.2) is 0 Å². The first-order valence-corrected chi connectivity index (χ1v) is 8.81. The number of nitrogens with one attached hydrogen (secondary N) is 1. The van der Waals surface area contributed by atoms with Crippen LogP contribution in [0.4, 0.5) is 10.3 Å². The molecule has 1 aromatic carbocycles. The summed E-state index contributed by atoms with van der Waals surface area (Å²) in [5, 5.41) is 12.4. The average molecular weight is 393 g/mol. The minimum atomic E-state index is -0.622. The van der Waals surface area contributed by atoms with Crippen LogP contribution in [0.5, 0.6) is 5.88 Å². The van der Waals surface area contributed by atoms with Crippen LogP contribution < -0.4 is 4.74 Å². The second-order valence-electron chi connectivity index (χ2n) is 6.35. The van der Waals surface area contributed by atoms with Crippen LogP contribution in [0.2, 0.25) is 0 Å². The Bertz CT molecular complexity index is 1050. The van der Waals surface area contributed by atoms with E-state index in [1.807, 2.05) is 6.92 Å². The molecule has 0 saturated carbocycles. The molecule has 0 aliphatic carbocycles. The van der Waals surface area contributed by atoms with Gasteiger partial charge in [-0.05, 0) is 24.1 Å². The summed E-state index contributed by atoms with van der Waals surface area (Å²) >= 11 is 0. The smallest absolute Gasteiger partial charge is 0.252 e. The van der Waals surface area contributed by atoms with Gasteiger partial charge in [-0.3, -0.25) is 0 Å². The van der Waals surface area contributed by atoms with Gasteiger partial charge in [0.05, 0.1) is 24.3 Å². The molecule has 148 valence electrons. The van der Waals surface area contributed by atoms with Crippen molar-refractivity contribution >= 4 is 23.4 Å². The zero-order chi connectivity index (χ0) is 20.8. The fraction of sp³-hybridized carbons (Fsp3) is 0.190. The van der Waals surface area contributed by atoms with Crippen LogP contribution in [0, 0.1) is 11.2 Å². The van der Waals surface area contributed by atoms with Crippen LogP contribution in [-0.2, 0) is 6.42 Å². The molecule has 3 aromatic rings. The molecule has 3 rings (SSSR count). The summed E-state index contributed by atoms with van der Waals surface area (Å²) in [6, 6.07) is 7.99. The molecular formula is C21H20FN5O2. The van der Waals surface area contributed by atoms with Crippen molar-refractivity contribution in [2.75, 3.05) is 7.11 Å². The minimum Gasteiger partial charge on any atom is -0.480 e. The summed E-state index contributed by atoms with van der Waals surface area (Å²) in [5.41, 5.74) is 2.57. The van der Waals surface area contributed by atoms with Gasteiger partial charge in [-0.25, -0.2) is 14.4 Å². The molecule has 0 spiro atoms. The predicted molar refractivity (Wildman–Crippen MR) is 109 cm³/mol. The van der Waals surface area contributed by atoms with E-state index >= 15 is 0 Å². The summed E-state index contributed by atoms with van der Waals surface area (Å²) in [6.07, 6.45) is 4.59. The van der Waals surface area contributed by atoms with Crippen molar-refractivity contribution in [3.63, 3.8) is 0 Å². The monoisotopic (exact) mass is 393 g/mol. The SMILES string of the molecule is C=C(C)c1cnc(N=CC(C(=N)Cc2ccccc2F)c2ccon2)nc1OC. The number of aliphatic imine (C=N–C) groups is 1. The third-order valence-electron chi connectivity index (χ3n) is 4.22. The van der Waals surface area contributed by atoms with Crippen LogP contribution in [0.15, 0.2) is 58.9 Å². The van der Waals surface area contributed by atoms with Crippen LogP contribution in [0.3, 0.4) is 0 Å². The Morgan fingerprint density at radius 3 is 2.83 bits per heavy atom. The van der Waals surface area contributed by atoms with E-state index in [1.54, 1.807) is 30.5 Å². The zero-order valence-corrected chi connectivity index (χ0v) is 16.1. The van der Waals surface area contributed by atoms with Crippen LogP contribution in [0.25, 0.3) is 5.57 Å². The van der Waals surface area contributed by atoms with Gasteiger partial charge in [-0.2, -0.15) is 4.98 Å². The van der Waals surface area contributed by atoms with Crippen LogP contribution in [-0.4, -0.2) is 34.2 Å². The maximum atomic E-state index is 14.0. The molecule has 0 aliphatic rings. The topological polar surface area (TPSA) is 97.2 Å². The Morgan fingerprint density at radius 2 is 2.17 bits per heavy atom. The lowest BCUT2D eigenvalue weighted by molar-refractivity contribution is 0.396. The number of halogens is 1. The maximum absolute atomic E-state index is 14.0. The first kappa shape index (κ1) is 20.1. The Labute approximate surface area is 167 Å². The zero-order valence-electron chi connectivity index (χ0n) is 16.1. The molecular weight excluding hydrogens is 373 g/mol. The number of benzene rings is 1.